The largest absolute Gasteiger partial charge is 0.395 e. The first-order valence-electron chi connectivity index (χ1n) is 11.1. The second-order valence-electron chi connectivity index (χ2n) is 10.3. The van der Waals surface area contributed by atoms with Crippen LogP contribution in [0.4, 0.5) is 0 Å². The summed E-state index contributed by atoms with van der Waals surface area (Å²) in [6.45, 7) is 5.70. The zero-order chi connectivity index (χ0) is 19.2. The highest BCUT2D eigenvalue weighted by Crippen LogP contribution is 2.66. The molecule has 4 fully saturated rings. The average Bonchev–Trinajstić information content (AvgIpc) is 2.95. The van der Waals surface area contributed by atoms with E-state index in [1.54, 1.807) is 0 Å². The molecule has 4 rings (SSSR count). The molecule has 5 nitrogen and oxygen atoms in total. The van der Waals surface area contributed by atoms with E-state index in [4.69, 9.17) is 10.6 Å². The first-order chi connectivity index (χ1) is 12.9. The Morgan fingerprint density at radius 1 is 1.00 bits per heavy atom. The van der Waals surface area contributed by atoms with Gasteiger partial charge in [0.1, 0.15) is 6.61 Å². The molecule has 4 aliphatic rings. The fourth-order valence-electron chi connectivity index (χ4n) is 7.67. The highest BCUT2D eigenvalue weighted by molar-refractivity contribution is 5.60. The topological polar surface area (TPSA) is 88.1 Å². The van der Waals surface area contributed by atoms with Crippen molar-refractivity contribution in [3.05, 3.63) is 0 Å². The number of hydrogen-bond acceptors (Lipinski definition) is 5. The van der Waals surface area contributed by atoms with Crippen LogP contribution in [0.2, 0.25) is 0 Å². The van der Waals surface area contributed by atoms with Crippen molar-refractivity contribution < 1.29 is 15.1 Å². The molecule has 0 aromatic heterocycles. The third-order valence-corrected chi connectivity index (χ3v) is 9.23. The lowest BCUT2D eigenvalue weighted by molar-refractivity contribution is -0.165. The Morgan fingerprint density at radius 2 is 1.74 bits per heavy atom. The number of aliphatic hydroxyl groups is 2. The van der Waals surface area contributed by atoms with Gasteiger partial charge in [-0.15, -0.1) is 0 Å². The van der Waals surface area contributed by atoms with Crippen LogP contribution in [-0.2, 0) is 4.84 Å². The van der Waals surface area contributed by atoms with E-state index in [0.29, 0.717) is 42.7 Å². The summed E-state index contributed by atoms with van der Waals surface area (Å²) in [4.78, 5) is 5.19. The summed E-state index contributed by atoms with van der Waals surface area (Å²) in [5.74, 6) is 2.61. The van der Waals surface area contributed by atoms with Crippen LogP contribution in [0.3, 0.4) is 0 Å². The molecule has 0 bridgehead atoms. The fourth-order valence-corrected chi connectivity index (χ4v) is 7.67. The molecule has 27 heavy (non-hydrogen) atoms. The number of nitrogens with zero attached hydrogens (tertiary/aromatic N) is 1. The zero-order valence-corrected chi connectivity index (χ0v) is 17.0. The molecule has 0 aromatic carbocycles. The van der Waals surface area contributed by atoms with Crippen molar-refractivity contribution in [1.82, 2.24) is 0 Å². The van der Waals surface area contributed by atoms with Crippen LogP contribution >= 0.6 is 0 Å². The molecule has 0 spiro atoms. The Morgan fingerprint density at radius 3 is 2.52 bits per heavy atom. The maximum Gasteiger partial charge on any atom is 0.129 e. The van der Waals surface area contributed by atoms with Gasteiger partial charge in [-0.3, -0.25) is 0 Å². The Bertz CT molecular complexity index is 570. The Balaban J connectivity index is 1.50. The van der Waals surface area contributed by atoms with Gasteiger partial charge in [0.2, 0.25) is 0 Å². The highest BCUT2D eigenvalue weighted by Gasteiger charge is 2.61. The molecule has 0 heterocycles. The summed E-state index contributed by atoms with van der Waals surface area (Å²) < 4.78 is 0. The third-order valence-electron chi connectivity index (χ3n) is 9.23. The van der Waals surface area contributed by atoms with E-state index in [0.717, 1.165) is 44.9 Å². The van der Waals surface area contributed by atoms with Crippen molar-refractivity contribution in [2.24, 2.45) is 51.3 Å². The number of hydrogen-bond donors (Lipinski definition) is 3. The molecule has 154 valence electrons. The predicted octanol–water partition coefficient (Wildman–Crippen LogP) is 2.94. The summed E-state index contributed by atoms with van der Waals surface area (Å²) in [6, 6.07) is 0. The molecule has 5 heteroatoms. The van der Waals surface area contributed by atoms with Crippen molar-refractivity contribution in [1.29, 1.82) is 0 Å². The zero-order valence-electron chi connectivity index (χ0n) is 17.0. The molecule has 0 aromatic rings. The Kier molecular flexibility index (Phi) is 5.32. The van der Waals surface area contributed by atoms with E-state index in [1.807, 2.05) is 6.21 Å². The van der Waals surface area contributed by atoms with Gasteiger partial charge in [0.05, 0.1) is 12.2 Å². The number of fused-ring (bicyclic) bond motifs is 5. The van der Waals surface area contributed by atoms with Gasteiger partial charge in [0, 0.05) is 12.8 Å². The molecular formula is C22H38N2O3. The Labute approximate surface area is 163 Å². The van der Waals surface area contributed by atoms with Gasteiger partial charge in [0.15, 0.2) is 0 Å². The van der Waals surface area contributed by atoms with E-state index in [1.165, 1.54) is 6.42 Å². The first kappa shape index (κ1) is 19.7. The van der Waals surface area contributed by atoms with Crippen LogP contribution in [0.5, 0.6) is 0 Å². The summed E-state index contributed by atoms with van der Waals surface area (Å²) in [7, 11) is 0. The van der Waals surface area contributed by atoms with Crippen LogP contribution in [0.1, 0.15) is 65.2 Å². The minimum atomic E-state index is -0.225. The quantitative estimate of drug-likeness (QED) is 0.399. The molecular weight excluding hydrogens is 340 g/mol. The number of nitrogens with two attached hydrogens (primary N) is 1. The summed E-state index contributed by atoms with van der Waals surface area (Å²) >= 11 is 0. The van der Waals surface area contributed by atoms with Crippen molar-refractivity contribution in [2.75, 3.05) is 13.2 Å². The summed E-state index contributed by atoms with van der Waals surface area (Å²) in [5.41, 5.74) is 5.74. The predicted molar refractivity (Wildman–Crippen MR) is 106 cm³/mol. The molecule has 0 saturated heterocycles. The Hall–Kier alpha value is -0.650. The highest BCUT2D eigenvalue weighted by atomic mass is 16.6. The fraction of sp³-hybridized carbons (Fsp3) is 0.955. The second kappa shape index (κ2) is 7.31. The van der Waals surface area contributed by atoms with Crippen LogP contribution in [-0.4, -0.2) is 41.8 Å². The van der Waals surface area contributed by atoms with E-state index in [9.17, 15) is 10.2 Å². The third kappa shape index (κ3) is 3.14. The van der Waals surface area contributed by atoms with Crippen molar-refractivity contribution >= 4 is 6.21 Å². The van der Waals surface area contributed by atoms with Crippen LogP contribution < -0.4 is 5.73 Å². The van der Waals surface area contributed by atoms with Crippen LogP contribution in [0.15, 0.2) is 5.16 Å². The normalized spacial score (nSPS) is 52.3. The number of oxime groups is 1. The minimum Gasteiger partial charge on any atom is -0.395 e. The number of aliphatic hydroxyl groups excluding tert-OH is 2. The molecule has 9 atom stereocenters. The smallest absolute Gasteiger partial charge is 0.129 e. The lowest BCUT2D eigenvalue weighted by Gasteiger charge is -2.62. The van der Waals surface area contributed by atoms with Gasteiger partial charge in [0.25, 0.3) is 0 Å². The maximum absolute atomic E-state index is 11.2. The van der Waals surface area contributed by atoms with E-state index < -0.39 is 0 Å². The van der Waals surface area contributed by atoms with Crippen LogP contribution in [0, 0.1) is 40.4 Å². The maximum atomic E-state index is 11.2. The van der Waals surface area contributed by atoms with E-state index >= 15 is 0 Å². The monoisotopic (exact) mass is 378 g/mol. The molecule has 4 aliphatic carbocycles. The van der Waals surface area contributed by atoms with Gasteiger partial charge < -0.3 is 20.8 Å². The van der Waals surface area contributed by atoms with Crippen molar-refractivity contribution in [3.63, 3.8) is 0 Å². The molecule has 0 amide bonds. The average molecular weight is 379 g/mol. The molecule has 4 unspecified atom stereocenters. The molecule has 0 aliphatic heterocycles. The molecule has 4 saturated carbocycles. The van der Waals surface area contributed by atoms with E-state index in [2.05, 4.69) is 19.0 Å². The van der Waals surface area contributed by atoms with Crippen molar-refractivity contribution in [3.8, 4) is 0 Å². The van der Waals surface area contributed by atoms with Gasteiger partial charge in [-0.2, -0.15) is 0 Å². The van der Waals surface area contributed by atoms with Gasteiger partial charge in [-0.1, -0.05) is 19.0 Å². The lowest BCUT2D eigenvalue weighted by atomic mass is 9.44. The van der Waals surface area contributed by atoms with Crippen LogP contribution in [0.25, 0.3) is 0 Å². The SMILES string of the molecule is C[C@]12CCC(/C=N/OCCN)CC1C(O)C[C@@H]1[C@H]2CC[C@]2(C)C(O)CC[C@@H]12. The second-order valence-corrected chi connectivity index (χ2v) is 10.3. The lowest BCUT2D eigenvalue weighted by Crippen LogP contribution is -2.58. The molecule has 4 N–H and O–H groups in total. The van der Waals surface area contributed by atoms with Gasteiger partial charge in [-0.05, 0) is 91.8 Å². The summed E-state index contributed by atoms with van der Waals surface area (Å²) in [5, 5.41) is 25.8. The minimum absolute atomic E-state index is 0.0777. The first-order valence-corrected chi connectivity index (χ1v) is 11.1. The number of rotatable bonds is 4. The van der Waals surface area contributed by atoms with Gasteiger partial charge in [-0.25, -0.2) is 0 Å². The van der Waals surface area contributed by atoms with Crippen molar-refractivity contribution in [2.45, 2.75) is 77.4 Å². The standard InChI is InChI=1S/C22H38N2O3/c1-21-7-5-14(13-24-27-10-9-23)11-18(21)19(25)12-15-16-3-4-20(26)22(16,2)8-6-17(15)21/h13-20,25-26H,3-12,23H2,1-2H3/b24-13+/t14?,15-,16-,17+,18?,19?,20?,21+,22-/m0/s1. The summed E-state index contributed by atoms with van der Waals surface area (Å²) in [6.07, 6.45) is 10.2. The van der Waals surface area contributed by atoms with E-state index in [-0.39, 0.29) is 23.0 Å². The van der Waals surface area contributed by atoms with Gasteiger partial charge >= 0.3 is 0 Å². The molecule has 0 radical (unpaired) electrons.